The fourth-order valence-corrected chi connectivity index (χ4v) is 2.95. The Labute approximate surface area is 103 Å². The van der Waals surface area contributed by atoms with Gasteiger partial charge < -0.3 is 10.0 Å². The Balaban J connectivity index is 1.55. The minimum absolute atomic E-state index is 0.284. The molecule has 3 saturated carbocycles. The summed E-state index contributed by atoms with van der Waals surface area (Å²) in [6.45, 7) is 0.541. The molecule has 0 radical (unpaired) electrons. The molecule has 17 heavy (non-hydrogen) atoms. The SMILES string of the molecule is CN(CC(O)C1CC1)C(=O)C(C1CC1)C1CC1. The minimum atomic E-state index is -0.289. The number of carbonyl (C=O) groups excluding carboxylic acids is 1. The zero-order chi connectivity index (χ0) is 12.0. The summed E-state index contributed by atoms with van der Waals surface area (Å²) in [5.41, 5.74) is 0. The number of amides is 1. The maximum atomic E-state index is 12.4. The van der Waals surface area contributed by atoms with Crippen molar-refractivity contribution in [2.45, 2.75) is 44.6 Å². The van der Waals surface area contributed by atoms with Gasteiger partial charge >= 0.3 is 0 Å². The molecule has 0 spiro atoms. The lowest BCUT2D eigenvalue weighted by atomic mass is 9.96. The molecule has 3 heteroatoms. The lowest BCUT2D eigenvalue weighted by molar-refractivity contribution is -0.137. The monoisotopic (exact) mass is 237 g/mol. The van der Waals surface area contributed by atoms with Crippen molar-refractivity contribution < 1.29 is 9.90 Å². The molecule has 0 aromatic heterocycles. The molecule has 0 aromatic rings. The van der Waals surface area contributed by atoms with Gasteiger partial charge in [0.2, 0.25) is 5.91 Å². The fraction of sp³-hybridized carbons (Fsp3) is 0.929. The van der Waals surface area contributed by atoms with Gasteiger partial charge in [0.1, 0.15) is 0 Å². The van der Waals surface area contributed by atoms with Crippen LogP contribution in [0.2, 0.25) is 0 Å². The van der Waals surface area contributed by atoms with Crippen LogP contribution in [0.4, 0.5) is 0 Å². The Kier molecular flexibility index (Phi) is 2.89. The number of nitrogens with zero attached hydrogens (tertiary/aromatic N) is 1. The van der Waals surface area contributed by atoms with Gasteiger partial charge in [-0.15, -0.1) is 0 Å². The van der Waals surface area contributed by atoms with E-state index in [-0.39, 0.29) is 12.0 Å². The maximum Gasteiger partial charge on any atom is 0.226 e. The highest BCUT2D eigenvalue weighted by molar-refractivity contribution is 5.80. The van der Waals surface area contributed by atoms with E-state index in [0.29, 0.717) is 30.2 Å². The van der Waals surface area contributed by atoms with Crippen molar-refractivity contribution >= 4 is 5.91 Å². The van der Waals surface area contributed by atoms with E-state index in [1.165, 1.54) is 25.7 Å². The molecule has 3 aliphatic carbocycles. The van der Waals surface area contributed by atoms with Crippen LogP contribution in [-0.2, 0) is 4.79 Å². The maximum absolute atomic E-state index is 12.4. The summed E-state index contributed by atoms with van der Waals surface area (Å²) in [6.07, 6.45) is 6.95. The fourth-order valence-electron chi connectivity index (χ4n) is 2.95. The van der Waals surface area contributed by atoms with Crippen LogP contribution in [0.25, 0.3) is 0 Å². The molecule has 0 heterocycles. The van der Waals surface area contributed by atoms with Gasteiger partial charge in [-0.3, -0.25) is 4.79 Å². The number of aliphatic hydroxyl groups is 1. The Hall–Kier alpha value is -0.570. The minimum Gasteiger partial charge on any atom is -0.391 e. The third-order valence-electron chi connectivity index (χ3n) is 4.55. The van der Waals surface area contributed by atoms with Crippen LogP contribution in [0, 0.1) is 23.7 Å². The van der Waals surface area contributed by atoms with Crippen molar-refractivity contribution in [1.82, 2.24) is 4.90 Å². The average Bonchev–Trinajstić information content (AvgIpc) is 3.16. The van der Waals surface area contributed by atoms with Crippen molar-refractivity contribution in [3.8, 4) is 0 Å². The van der Waals surface area contributed by atoms with E-state index >= 15 is 0 Å². The second-order valence-electron chi connectivity index (χ2n) is 6.32. The molecule has 1 unspecified atom stereocenters. The first-order chi connectivity index (χ1) is 8.16. The molecule has 1 N–H and O–H groups in total. The van der Waals surface area contributed by atoms with E-state index in [1.54, 1.807) is 4.90 Å². The Morgan fingerprint density at radius 2 is 1.59 bits per heavy atom. The van der Waals surface area contributed by atoms with Crippen LogP contribution < -0.4 is 0 Å². The Bertz CT molecular complexity index is 293. The number of carbonyl (C=O) groups is 1. The first-order valence-electron chi connectivity index (χ1n) is 7.10. The van der Waals surface area contributed by atoms with Crippen molar-refractivity contribution in [1.29, 1.82) is 0 Å². The van der Waals surface area contributed by atoms with Crippen LogP contribution in [0.1, 0.15) is 38.5 Å². The van der Waals surface area contributed by atoms with E-state index in [2.05, 4.69) is 0 Å². The van der Waals surface area contributed by atoms with Crippen LogP contribution in [-0.4, -0.2) is 35.6 Å². The van der Waals surface area contributed by atoms with Gasteiger partial charge in [-0.05, 0) is 56.3 Å². The van der Waals surface area contributed by atoms with Gasteiger partial charge in [-0.2, -0.15) is 0 Å². The number of aliphatic hydroxyl groups excluding tert-OH is 1. The van der Waals surface area contributed by atoms with Gasteiger partial charge in [-0.25, -0.2) is 0 Å². The predicted octanol–water partition coefficient (Wildman–Crippen LogP) is 1.65. The van der Waals surface area contributed by atoms with Gasteiger partial charge in [-0.1, -0.05) is 0 Å². The van der Waals surface area contributed by atoms with E-state index in [1.807, 2.05) is 7.05 Å². The van der Waals surface area contributed by atoms with Crippen LogP contribution >= 0.6 is 0 Å². The molecule has 3 fully saturated rings. The van der Waals surface area contributed by atoms with E-state index < -0.39 is 0 Å². The summed E-state index contributed by atoms with van der Waals surface area (Å²) in [5.74, 6) is 2.37. The molecule has 0 saturated heterocycles. The highest BCUT2D eigenvalue weighted by Crippen LogP contribution is 2.49. The second kappa shape index (κ2) is 4.27. The van der Waals surface area contributed by atoms with Gasteiger partial charge in [0.15, 0.2) is 0 Å². The molecular weight excluding hydrogens is 214 g/mol. The quantitative estimate of drug-likeness (QED) is 0.763. The molecule has 1 atom stereocenters. The molecule has 0 bridgehead atoms. The number of rotatable bonds is 6. The van der Waals surface area contributed by atoms with Crippen LogP contribution in [0.3, 0.4) is 0 Å². The van der Waals surface area contributed by atoms with E-state index in [9.17, 15) is 9.90 Å². The van der Waals surface area contributed by atoms with Gasteiger partial charge in [0.05, 0.1) is 6.10 Å². The average molecular weight is 237 g/mol. The number of hydrogen-bond acceptors (Lipinski definition) is 2. The van der Waals surface area contributed by atoms with Crippen molar-refractivity contribution in [2.24, 2.45) is 23.7 Å². The van der Waals surface area contributed by atoms with Gasteiger partial charge in [0, 0.05) is 19.5 Å². The first kappa shape index (κ1) is 11.5. The zero-order valence-electron chi connectivity index (χ0n) is 10.6. The molecule has 3 nitrogen and oxygen atoms in total. The van der Waals surface area contributed by atoms with Gasteiger partial charge in [0.25, 0.3) is 0 Å². The molecule has 96 valence electrons. The van der Waals surface area contributed by atoms with Crippen molar-refractivity contribution in [3.05, 3.63) is 0 Å². The first-order valence-corrected chi connectivity index (χ1v) is 7.10. The highest BCUT2D eigenvalue weighted by atomic mass is 16.3. The zero-order valence-corrected chi connectivity index (χ0v) is 10.6. The number of likely N-dealkylation sites (N-methyl/N-ethyl adjacent to an activating group) is 1. The largest absolute Gasteiger partial charge is 0.391 e. The molecule has 3 aliphatic rings. The van der Waals surface area contributed by atoms with Crippen LogP contribution in [0.15, 0.2) is 0 Å². The van der Waals surface area contributed by atoms with Crippen molar-refractivity contribution in [3.63, 3.8) is 0 Å². The summed E-state index contributed by atoms with van der Waals surface area (Å²) in [6, 6.07) is 0. The third kappa shape index (κ3) is 2.65. The Morgan fingerprint density at radius 3 is 2.00 bits per heavy atom. The topological polar surface area (TPSA) is 40.5 Å². The molecule has 3 rings (SSSR count). The summed E-state index contributed by atoms with van der Waals surface area (Å²) in [4.78, 5) is 14.2. The van der Waals surface area contributed by atoms with E-state index in [0.717, 1.165) is 12.8 Å². The summed E-state index contributed by atoms with van der Waals surface area (Å²) in [7, 11) is 1.87. The number of hydrogen-bond donors (Lipinski definition) is 1. The summed E-state index contributed by atoms with van der Waals surface area (Å²) in [5, 5.41) is 9.90. The normalized spacial score (nSPS) is 26.1. The lowest BCUT2D eigenvalue weighted by Crippen LogP contribution is -2.40. The third-order valence-corrected chi connectivity index (χ3v) is 4.55. The summed E-state index contributed by atoms with van der Waals surface area (Å²) >= 11 is 0. The lowest BCUT2D eigenvalue weighted by Gasteiger charge is -2.25. The van der Waals surface area contributed by atoms with Crippen LogP contribution in [0.5, 0.6) is 0 Å². The molecule has 1 amide bonds. The van der Waals surface area contributed by atoms with Crippen molar-refractivity contribution in [2.75, 3.05) is 13.6 Å². The van der Waals surface area contributed by atoms with E-state index in [4.69, 9.17) is 0 Å². The predicted molar refractivity (Wildman–Crippen MR) is 65.3 cm³/mol. The summed E-state index contributed by atoms with van der Waals surface area (Å²) < 4.78 is 0. The Morgan fingerprint density at radius 1 is 1.12 bits per heavy atom. The highest BCUT2D eigenvalue weighted by Gasteiger charge is 2.46. The molecular formula is C14H23NO2. The smallest absolute Gasteiger partial charge is 0.226 e. The molecule has 0 aromatic carbocycles. The standard InChI is InChI=1S/C14H23NO2/c1-15(8-12(16)9-2-3-9)14(17)13(10-4-5-10)11-6-7-11/h9-13,16H,2-8H2,1H3. The molecule has 0 aliphatic heterocycles. The second-order valence-corrected chi connectivity index (χ2v) is 6.32.